The van der Waals surface area contributed by atoms with E-state index in [0.29, 0.717) is 24.4 Å². The van der Waals surface area contributed by atoms with Gasteiger partial charge in [-0.3, -0.25) is 4.79 Å². The second-order valence-electron chi connectivity index (χ2n) is 5.13. The van der Waals surface area contributed by atoms with Crippen molar-refractivity contribution in [3.05, 3.63) is 47.0 Å². The molecular weight excluding hydrogens is 303 g/mol. The van der Waals surface area contributed by atoms with Crippen LogP contribution in [0.25, 0.3) is 0 Å². The highest BCUT2D eigenvalue weighted by Crippen LogP contribution is 2.18. The van der Waals surface area contributed by atoms with Gasteiger partial charge in [0.2, 0.25) is 0 Å². The number of aromatic nitrogens is 2. The Morgan fingerprint density at radius 1 is 1.30 bits per heavy atom. The number of hydrogen-bond donors (Lipinski definition) is 1. The Kier molecular flexibility index (Phi) is 4.60. The molecule has 1 N–H and O–H groups in total. The molecule has 1 aromatic heterocycles. The Balaban J connectivity index is 1.47. The summed E-state index contributed by atoms with van der Waals surface area (Å²) in [6.07, 6.45) is 2.40. The largest absolute Gasteiger partial charge is 0.385 e. The average Bonchev–Trinajstić information content (AvgIpc) is 3.04. The van der Waals surface area contributed by atoms with Gasteiger partial charge in [0.1, 0.15) is 17.2 Å². The highest BCUT2D eigenvalue weighted by Gasteiger charge is 2.21. The van der Waals surface area contributed by atoms with E-state index in [4.69, 9.17) is 4.84 Å². The summed E-state index contributed by atoms with van der Waals surface area (Å²) < 4.78 is 17.5. The van der Waals surface area contributed by atoms with Gasteiger partial charge < -0.3 is 10.2 Å². The predicted molar refractivity (Wildman–Crippen MR) is 78.0 cm³/mol. The molecule has 120 valence electrons. The van der Waals surface area contributed by atoms with Crippen LogP contribution in [-0.2, 0) is 22.6 Å². The highest BCUT2D eigenvalue weighted by atomic mass is 19.1. The first kappa shape index (κ1) is 15.1. The topological polar surface area (TPSA) is 89.6 Å². The monoisotopic (exact) mass is 318 g/mol. The highest BCUT2D eigenvalue weighted by molar-refractivity contribution is 6.00. The minimum atomic E-state index is -0.312. The number of benzene rings is 1. The van der Waals surface area contributed by atoms with Gasteiger partial charge in [0, 0.05) is 6.54 Å². The first-order valence-corrected chi connectivity index (χ1v) is 7.24. The predicted octanol–water partition coefficient (Wildman–Crippen LogP) is 1.58. The molecule has 8 heteroatoms. The zero-order valence-corrected chi connectivity index (χ0v) is 12.3. The lowest BCUT2D eigenvalue weighted by molar-refractivity contribution is -0.125. The van der Waals surface area contributed by atoms with Gasteiger partial charge in [0.25, 0.3) is 5.91 Å². The van der Waals surface area contributed by atoms with Crippen LogP contribution in [0.2, 0.25) is 0 Å². The number of amides is 1. The van der Waals surface area contributed by atoms with E-state index < -0.39 is 0 Å². The van der Waals surface area contributed by atoms with E-state index in [1.807, 2.05) is 0 Å². The molecule has 0 aliphatic heterocycles. The lowest BCUT2D eigenvalue weighted by Gasteiger charge is -2.09. The molecule has 0 fully saturated rings. The first-order valence-electron chi connectivity index (χ1n) is 7.24. The van der Waals surface area contributed by atoms with Gasteiger partial charge in [-0.1, -0.05) is 22.4 Å². The van der Waals surface area contributed by atoms with E-state index in [1.54, 1.807) is 12.1 Å². The van der Waals surface area contributed by atoms with Crippen molar-refractivity contribution in [3.63, 3.8) is 0 Å². The number of carbonyl (C=O) groups excluding carboxylic acids is 1. The molecule has 1 aromatic carbocycles. The van der Waals surface area contributed by atoms with Gasteiger partial charge in [-0.05, 0) is 42.1 Å². The van der Waals surface area contributed by atoms with E-state index in [9.17, 15) is 9.18 Å². The fraction of sp³-hybridized carbons (Fsp3) is 0.333. The average molecular weight is 318 g/mol. The Labute approximate surface area is 131 Å². The van der Waals surface area contributed by atoms with E-state index in [1.165, 1.54) is 12.1 Å². The van der Waals surface area contributed by atoms with Crippen LogP contribution in [0.1, 0.15) is 29.8 Å². The number of halogens is 1. The molecule has 0 saturated heterocycles. The lowest BCUT2D eigenvalue weighted by atomic mass is 9.99. The molecule has 0 unspecified atom stereocenters. The van der Waals surface area contributed by atoms with Crippen molar-refractivity contribution in [1.29, 1.82) is 0 Å². The summed E-state index contributed by atoms with van der Waals surface area (Å²) in [5.74, 6) is -0.624. The molecule has 1 amide bonds. The van der Waals surface area contributed by atoms with Crippen LogP contribution in [0.3, 0.4) is 0 Å². The Bertz CT molecular complexity index is 712. The van der Waals surface area contributed by atoms with Crippen LogP contribution in [0.4, 0.5) is 4.39 Å². The lowest BCUT2D eigenvalue weighted by Crippen LogP contribution is -2.26. The molecule has 0 bridgehead atoms. The number of nitrogens with one attached hydrogen (secondary N) is 1. The molecule has 1 aliphatic carbocycles. The van der Waals surface area contributed by atoms with Crippen molar-refractivity contribution in [2.75, 3.05) is 6.61 Å². The summed E-state index contributed by atoms with van der Waals surface area (Å²) in [5, 5.41) is 14.2. The van der Waals surface area contributed by atoms with Crippen LogP contribution < -0.4 is 5.32 Å². The van der Waals surface area contributed by atoms with Crippen molar-refractivity contribution in [3.8, 4) is 0 Å². The van der Waals surface area contributed by atoms with E-state index >= 15 is 0 Å². The zero-order chi connectivity index (χ0) is 16.1. The summed E-state index contributed by atoms with van der Waals surface area (Å²) in [7, 11) is 0. The summed E-state index contributed by atoms with van der Waals surface area (Å²) in [5.41, 5.74) is 2.80. The number of hydrogen-bond acceptors (Lipinski definition) is 6. The van der Waals surface area contributed by atoms with E-state index in [-0.39, 0.29) is 18.3 Å². The maximum atomic E-state index is 12.8. The Hall–Kier alpha value is -2.77. The van der Waals surface area contributed by atoms with Crippen LogP contribution in [0.15, 0.2) is 34.1 Å². The van der Waals surface area contributed by atoms with Crippen molar-refractivity contribution >= 4 is 11.6 Å². The van der Waals surface area contributed by atoms with Crippen molar-refractivity contribution in [1.82, 2.24) is 15.6 Å². The Morgan fingerprint density at radius 3 is 2.96 bits per heavy atom. The second kappa shape index (κ2) is 6.99. The summed E-state index contributed by atoms with van der Waals surface area (Å²) >= 11 is 0. The van der Waals surface area contributed by atoms with E-state index in [2.05, 4.69) is 25.4 Å². The third kappa shape index (κ3) is 3.91. The molecule has 3 rings (SSSR count). The minimum Gasteiger partial charge on any atom is -0.385 e. The molecule has 1 heterocycles. The molecule has 7 nitrogen and oxygen atoms in total. The SMILES string of the molecule is O=C(CO/N=C1\CCCc2nonc21)NCc1ccc(F)cc1. The molecule has 0 radical (unpaired) electrons. The van der Waals surface area contributed by atoms with Gasteiger partial charge in [-0.2, -0.15) is 0 Å². The van der Waals surface area contributed by atoms with Crippen LogP contribution in [-0.4, -0.2) is 28.5 Å². The number of nitrogens with zero attached hydrogens (tertiary/aromatic N) is 3. The summed E-state index contributed by atoms with van der Waals surface area (Å²) in [4.78, 5) is 16.8. The number of aryl methyl sites for hydroxylation is 1. The van der Waals surface area contributed by atoms with Gasteiger partial charge >= 0.3 is 0 Å². The third-order valence-electron chi connectivity index (χ3n) is 3.43. The molecule has 23 heavy (non-hydrogen) atoms. The molecule has 0 saturated carbocycles. The Morgan fingerprint density at radius 2 is 2.13 bits per heavy atom. The van der Waals surface area contributed by atoms with Crippen molar-refractivity contribution in [2.45, 2.75) is 25.8 Å². The normalized spacial score (nSPS) is 15.3. The smallest absolute Gasteiger partial charge is 0.261 e. The minimum absolute atomic E-state index is 0.203. The third-order valence-corrected chi connectivity index (χ3v) is 3.43. The molecule has 0 spiro atoms. The quantitative estimate of drug-likeness (QED) is 0.845. The number of rotatable bonds is 5. The van der Waals surface area contributed by atoms with Gasteiger partial charge in [0.05, 0.1) is 0 Å². The van der Waals surface area contributed by atoms with E-state index in [0.717, 1.165) is 24.1 Å². The van der Waals surface area contributed by atoms with Crippen molar-refractivity contribution < 1.29 is 18.7 Å². The van der Waals surface area contributed by atoms with Crippen LogP contribution >= 0.6 is 0 Å². The fourth-order valence-corrected chi connectivity index (χ4v) is 2.24. The molecule has 2 aromatic rings. The van der Waals surface area contributed by atoms with Gasteiger partial charge in [-0.15, -0.1) is 0 Å². The summed E-state index contributed by atoms with van der Waals surface area (Å²) in [6.45, 7) is 0.0989. The van der Waals surface area contributed by atoms with Crippen LogP contribution in [0, 0.1) is 5.82 Å². The van der Waals surface area contributed by atoms with Crippen LogP contribution in [0.5, 0.6) is 0 Å². The standard InChI is InChI=1S/C15H15FN4O3/c16-11-6-4-10(5-7-11)8-17-14(21)9-22-18-12-2-1-3-13-15(12)20-23-19-13/h4-7H,1-3,8-9H2,(H,17,21)/b18-12+. The van der Waals surface area contributed by atoms with Crippen molar-refractivity contribution in [2.24, 2.45) is 5.16 Å². The second-order valence-corrected chi connectivity index (χ2v) is 5.13. The van der Waals surface area contributed by atoms with Gasteiger partial charge in [0.15, 0.2) is 12.3 Å². The fourth-order valence-electron chi connectivity index (χ4n) is 2.24. The molecule has 1 aliphatic rings. The number of fused-ring (bicyclic) bond motifs is 1. The maximum absolute atomic E-state index is 12.8. The first-order chi connectivity index (χ1) is 11.2. The maximum Gasteiger partial charge on any atom is 0.261 e. The summed E-state index contributed by atoms with van der Waals surface area (Å²) in [6, 6.07) is 5.91. The van der Waals surface area contributed by atoms with Gasteiger partial charge in [-0.25, -0.2) is 9.02 Å². The number of oxime groups is 1. The molecular formula is C15H15FN4O3. The number of carbonyl (C=O) groups is 1. The molecule has 0 atom stereocenters. The zero-order valence-electron chi connectivity index (χ0n) is 12.3.